The van der Waals surface area contributed by atoms with Crippen LogP contribution >= 0.6 is 0 Å². The predicted molar refractivity (Wildman–Crippen MR) is 52.3 cm³/mol. The molecule has 0 radical (unpaired) electrons. The summed E-state index contributed by atoms with van der Waals surface area (Å²) in [5.41, 5.74) is 0.962. The Bertz CT molecular complexity index is 361. The second kappa shape index (κ2) is 4.02. The highest BCUT2D eigenvalue weighted by molar-refractivity contribution is 5.72. The van der Waals surface area contributed by atoms with Gasteiger partial charge in [0.1, 0.15) is 0 Å². The van der Waals surface area contributed by atoms with Crippen LogP contribution in [0.4, 0.5) is 0 Å². The van der Waals surface area contributed by atoms with Crippen LogP contribution in [-0.4, -0.2) is 27.0 Å². The Hall–Kier alpha value is -1.36. The molecular weight excluding hydrogens is 196 g/mol. The number of aromatic nitrogens is 2. The van der Waals surface area contributed by atoms with Crippen molar-refractivity contribution in [3.05, 3.63) is 18.0 Å². The Morgan fingerprint density at radius 1 is 1.67 bits per heavy atom. The number of carbonyl (C=O) groups is 1. The van der Waals surface area contributed by atoms with E-state index in [1.165, 1.54) is 0 Å². The SMILES string of the molecule is Cn1cc(C2CCCC(C(=O)O)O2)cn1. The van der Waals surface area contributed by atoms with E-state index in [0.29, 0.717) is 6.42 Å². The molecule has 0 amide bonds. The van der Waals surface area contributed by atoms with Crippen molar-refractivity contribution in [3.63, 3.8) is 0 Å². The minimum atomic E-state index is -0.872. The molecule has 1 saturated heterocycles. The third kappa shape index (κ3) is 2.18. The average Bonchev–Trinajstić information content (AvgIpc) is 2.65. The normalized spacial score (nSPS) is 26.5. The van der Waals surface area contributed by atoms with E-state index in [9.17, 15) is 4.79 Å². The Morgan fingerprint density at radius 2 is 2.47 bits per heavy atom. The van der Waals surface area contributed by atoms with Gasteiger partial charge in [-0.15, -0.1) is 0 Å². The fourth-order valence-corrected chi connectivity index (χ4v) is 1.86. The lowest BCUT2D eigenvalue weighted by molar-refractivity contribution is -0.159. The molecule has 1 aromatic heterocycles. The van der Waals surface area contributed by atoms with Gasteiger partial charge in [-0.25, -0.2) is 4.79 Å². The second-order valence-electron chi connectivity index (χ2n) is 3.83. The Morgan fingerprint density at radius 3 is 3.07 bits per heavy atom. The molecule has 5 nitrogen and oxygen atoms in total. The van der Waals surface area contributed by atoms with E-state index in [0.717, 1.165) is 18.4 Å². The first kappa shape index (κ1) is 10.2. The molecule has 1 fully saturated rings. The summed E-state index contributed by atoms with van der Waals surface area (Å²) in [6.07, 6.45) is 5.18. The number of hydrogen-bond acceptors (Lipinski definition) is 3. The van der Waals surface area contributed by atoms with Crippen molar-refractivity contribution >= 4 is 5.97 Å². The van der Waals surface area contributed by atoms with Gasteiger partial charge in [0.25, 0.3) is 0 Å². The largest absolute Gasteiger partial charge is 0.479 e. The Balaban J connectivity index is 2.07. The van der Waals surface area contributed by atoms with E-state index in [1.807, 2.05) is 13.2 Å². The van der Waals surface area contributed by atoms with Gasteiger partial charge in [-0.3, -0.25) is 4.68 Å². The lowest BCUT2D eigenvalue weighted by Gasteiger charge is -2.26. The molecule has 0 bridgehead atoms. The summed E-state index contributed by atoms with van der Waals surface area (Å²) in [4.78, 5) is 10.8. The summed E-state index contributed by atoms with van der Waals surface area (Å²) in [5, 5.41) is 12.9. The summed E-state index contributed by atoms with van der Waals surface area (Å²) in [5.74, 6) is -0.872. The molecule has 15 heavy (non-hydrogen) atoms. The Kier molecular flexibility index (Phi) is 2.73. The highest BCUT2D eigenvalue weighted by Crippen LogP contribution is 2.30. The van der Waals surface area contributed by atoms with Crippen molar-refractivity contribution in [2.24, 2.45) is 7.05 Å². The van der Waals surface area contributed by atoms with Crippen molar-refractivity contribution < 1.29 is 14.6 Å². The van der Waals surface area contributed by atoms with Gasteiger partial charge < -0.3 is 9.84 Å². The number of carboxylic acid groups (broad SMARTS) is 1. The van der Waals surface area contributed by atoms with Crippen LogP contribution in [0.5, 0.6) is 0 Å². The van der Waals surface area contributed by atoms with Crippen molar-refractivity contribution in [1.82, 2.24) is 9.78 Å². The highest BCUT2D eigenvalue weighted by atomic mass is 16.5. The molecule has 5 heteroatoms. The lowest BCUT2D eigenvalue weighted by Crippen LogP contribution is -2.29. The van der Waals surface area contributed by atoms with Gasteiger partial charge in [0, 0.05) is 18.8 Å². The van der Waals surface area contributed by atoms with Crippen LogP contribution in [0, 0.1) is 0 Å². The molecule has 1 aliphatic rings. The van der Waals surface area contributed by atoms with Crippen molar-refractivity contribution in [2.75, 3.05) is 0 Å². The zero-order chi connectivity index (χ0) is 10.8. The van der Waals surface area contributed by atoms with E-state index in [1.54, 1.807) is 10.9 Å². The summed E-state index contributed by atoms with van der Waals surface area (Å²) in [6, 6.07) is 0. The van der Waals surface area contributed by atoms with E-state index >= 15 is 0 Å². The van der Waals surface area contributed by atoms with Crippen LogP contribution in [0.25, 0.3) is 0 Å². The summed E-state index contributed by atoms with van der Waals surface area (Å²) < 4.78 is 7.19. The minimum absolute atomic E-state index is 0.117. The van der Waals surface area contributed by atoms with Crippen LogP contribution in [0.3, 0.4) is 0 Å². The zero-order valence-electron chi connectivity index (χ0n) is 8.59. The minimum Gasteiger partial charge on any atom is -0.479 e. The van der Waals surface area contributed by atoms with Gasteiger partial charge in [-0.05, 0) is 19.3 Å². The molecule has 2 heterocycles. The highest BCUT2D eigenvalue weighted by Gasteiger charge is 2.28. The first-order valence-electron chi connectivity index (χ1n) is 5.03. The summed E-state index contributed by atoms with van der Waals surface area (Å²) >= 11 is 0. The van der Waals surface area contributed by atoms with E-state index in [4.69, 9.17) is 9.84 Å². The van der Waals surface area contributed by atoms with Crippen LogP contribution in [0.1, 0.15) is 30.9 Å². The quantitative estimate of drug-likeness (QED) is 0.794. The van der Waals surface area contributed by atoms with Gasteiger partial charge in [0.2, 0.25) is 0 Å². The maximum atomic E-state index is 10.8. The predicted octanol–water partition coefficient (Wildman–Crippen LogP) is 1.11. The van der Waals surface area contributed by atoms with Crippen LogP contribution < -0.4 is 0 Å². The molecule has 82 valence electrons. The molecule has 1 aromatic rings. The molecule has 1 aliphatic heterocycles. The first-order valence-corrected chi connectivity index (χ1v) is 5.03. The van der Waals surface area contributed by atoms with Gasteiger partial charge in [0.05, 0.1) is 12.3 Å². The van der Waals surface area contributed by atoms with Gasteiger partial charge in [-0.2, -0.15) is 5.10 Å². The van der Waals surface area contributed by atoms with Gasteiger partial charge in [-0.1, -0.05) is 0 Å². The molecule has 1 N–H and O–H groups in total. The molecule has 2 rings (SSSR count). The number of nitrogens with zero attached hydrogens (tertiary/aromatic N) is 2. The molecule has 0 aromatic carbocycles. The number of hydrogen-bond donors (Lipinski definition) is 1. The maximum Gasteiger partial charge on any atom is 0.332 e. The van der Waals surface area contributed by atoms with Crippen molar-refractivity contribution in [3.8, 4) is 0 Å². The Labute approximate surface area is 87.7 Å². The molecular formula is C10H14N2O3. The fraction of sp³-hybridized carbons (Fsp3) is 0.600. The molecule has 0 aliphatic carbocycles. The molecule has 0 saturated carbocycles. The molecule has 2 unspecified atom stereocenters. The first-order chi connectivity index (χ1) is 7.16. The van der Waals surface area contributed by atoms with Crippen LogP contribution in [-0.2, 0) is 16.6 Å². The number of aliphatic carboxylic acids is 1. The maximum absolute atomic E-state index is 10.8. The van der Waals surface area contributed by atoms with E-state index < -0.39 is 12.1 Å². The molecule has 0 spiro atoms. The summed E-state index contributed by atoms with van der Waals surface area (Å²) in [7, 11) is 1.83. The zero-order valence-corrected chi connectivity index (χ0v) is 8.59. The smallest absolute Gasteiger partial charge is 0.332 e. The lowest BCUT2D eigenvalue weighted by atomic mass is 10.0. The molecule has 2 atom stereocenters. The van der Waals surface area contributed by atoms with E-state index in [-0.39, 0.29) is 6.10 Å². The monoisotopic (exact) mass is 210 g/mol. The van der Waals surface area contributed by atoms with Crippen molar-refractivity contribution in [1.29, 1.82) is 0 Å². The van der Waals surface area contributed by atoms with Crippen molar-refractivity contribution in [2.45, 2.75) is 31.5 Å². The number of aryl methyl sites for hydroxylation is 1. The number of carboxylic acids is 1. The average molecular weight is 210 g/mol. The van der Waals surface area contributed by atoms with Crippen LogP contribution in [0.15, 0.2) is 12.4 Å². The standard InChI is InChI=1S/C10H14N2O3/c1-12-6-7(5-11-12)8-3-2-4-9(15-8)10(13)14/h5-6,8-9H,2-4H2,1H3,(H,13,14). The summed E-state index contributed by atoms with van der Waals surface area (Å²) in [6.45, 7) is 0. The number of rotatable bonds is 2. The number of ether oxygens (including phenoxy) is 1. The van der Waals surface area contributed by atoms with Gasteiger partial charge in [0.15, 0.2) is 6.10 Å². The fourth-order valence-electron chi connectivity index (χ4n) is 1.86. The van der Waals surface area contributed by atoms with Gasteiger partial charge >= 0.3 is 5.97 Å². The topological polar surface area (TPSA) is 64.4 Å². The third-order valence-electron chi connectivity index (χ3n) is 2.63. The van der Waals surface area contributed by atoms with Crippen LogP contribution in [0.2, 0.25) is 0 Å². The second-order valence-corrected chi connectivity index (χ2v) is 3.83. The van der Waals surface area contributed by atoms with E-state index in [2.05, 4.69) is 5.10 Å². The third-order valence-corrected chi connectivity index (χ3v) is 2.63.